The molecule has 0 saturated heterocycles. The van der Waals surface area contributed by atoms with E-state index in [0.29, 0.717) is 11.4 Å². The van der Waals surface area contributed by atoms with Crippen LogP contribution in [-0.4, -0.2) is 6.09 Å². The third kappa shape index (κ3) is 3.75. The van der Waals surface area contributed by atoms with Crippen LogP contribution in [0.1, 0.15) is 12.8 Å². The normalized spacial score (nSPS) is 14.1. The number of allylic oxidation sites excluding steroid dienone is 3. The lowest BCUT2D eigenvalue weighted by atomic mass is 10.2. The number of ether oxygens (including phenoxy) is 1. The molecule has 0 saturated carbocycles. The first kappa shape index (κ1) is 11.9. The summed E-state index contributed by atoms with van der Waals surface area (Å²) in [4.78, 5) is 11.5. The molecule has 0 heterocycles. The van der Waals surface area contributed by atoms with Gasteiger partial charge in [-0.3, -0.25) is 5.32 Å². The summed E-state index contributed by atoms with van der Waals surface area (Å²) in [5.74, 6) is 0.603. The maximum Gasteiger partial charge on any atom is 0.417 e. The minimum Gasteiger partial charge on any atom is -0.410 e. The molecule has 1 aliphatic carbocycles. The summed E-state index contributed by atoms with van der Waals surface area (Å²) in [6.45, 7) is 0. The van der Waals surface area contributed by atoms with Crippen LogP contribution in [0.5, 0.6) is 0 Å². The van der Waals surface area contributed by atoms with Crippen molar-refractivity contribution in [3.8, 4) is 0 Å². The molecule has 0 aromatic heterocycles. The second-order valence-corrected chi connectivity index (χ2v) is 4.52. The van der Waals surface area contributed by atoms with Crippen molar-refractivity contribution in [2.45, 2.75) is 12.8 Å². The first-order valence-electron chi connectivity index (χ1n) is 5.35. The Labute approximate surface area is 108 Å². The van der Waals surface area contributed by atoms with Crippen LogP contribution in [0.2, 0.25) is 0 Å². The monoisotopic (exact) mass is 293 g/mol. The maximum atomic E-state index is 11.5. The van der Waals surface area contributed by atoms with E-state index in [1.165, 1.54) is 0 Å². The molecule has 1 aromatic carbocycles. The van der Waals surface area contributed by atoms with Crippen LogP contribution < -0.4 is 5.32 Å². The number of amides is 1. The molecule has 1 aromatic rings. The zero-order valence-corrected chi connectivity index (χ0v) is 10.7. The molecule has 88 valence electrons. The lowest BCUT2D eigenvalue weighted by molar-refractivity contribution is 0.194. The Hall–Kier alpha value is -1.55. The fourth-order valence-corrected chi connectivity index (χ4v) is 1.71. The van der Waals surface area contributed by atoms with Gasteiger partial charge < -0.3 is 4.74 Å². The minimum absolute atomic E-state index is 0.467. The van der Waals surface area contributed by atoms with Gasteiger partial charge >= 0.3 is 6.09 Å². The molecule has 0 spiro atoms. The highest BCUT2D eigenvalue weighted by molar-refractivity contribution is 9.10. The van der Waals surface area contributed by atoms with Gasteiger partial charge in [0.15, 0.2) is 0 Å². The van der Waals surface area contributed by atoms with E-state index in [1.54, 1.807) is 12.1 Å². The summed E-state index contributed by atoms with van der Waals surface area (Å²) in [6, 6.07) is 7.32. The molecular formula is C13H12BrNO2. The number of hydrogen-bond donors (Lipinski definition) is 1. The van der Waals surface area contributed by atoms with Crippen molar-refractivity contribution in [1.29, 1.82) is 0 Å². The van der Waals surface area contributed by atoms with Crippen molar-refractivity contribution >= 4 is 27.7 Å². The third-order valence-electron chi connectivity index (χ3n) is 2.26. The van der Waals surface area contributed by atoms with Crippen LogP contribution in [0.25, 0.3) is 0 Å². The Bertz CT molecular complexity index is 463. The molecule has 1 N–H and O–H groups in total. The van der Waals surface area contributed by atoms with Gasteiger partial charge in [0, 0.05) is 10.2 Å². The molecule has 0 aliphatic heterocycles. The van der Waals surface area contributed by atoms with Gasteiger partial charge in [0.1, 0.15) is 5.76 Å². The SMILES string of the molecule is O=C(Nc1ccc(Br)cc1)OC1=CCCC=C1. The van der Waals surface area contributed by atoms with E-state index in [0.717, 1.165) is 17.3 Å². The zero-order chi connectivity index (χ0) is 12.1. The highest BCUT2D eigenvalue weighted by Crippen LogP contribution is 2.16. The van der Waals surface area contributed by atoms with Crippen LogP contribution >= 0.6 is 15.9 Å². The van der Waals surface area contributed by atoms with E-state index in [2.05, 4.69) is 21.2 Å². The molecule has 3 nitrogen and oxygen atoms in total. The van der Waals surface area contributed by atoms with Crippen LogP contribution in [0.3, 0.4) is 0 Å². The van der Waals surface area contributed by atoms with Gasteiger partial charge in [-0.25, -0.2) is 4.79 Å². The van der Waals surface area contributed by atoms with Crippen LogP contribution in [0.15, 0.2) is 52.7 Å². The number of nitrogens with one attached hydrogen (secondary N) is 1. The molecular weight excluding hydrogens is 282 g/mol. The summed E-state index contributed by atoms with van der Waals surface area (Å²) in [5, 5.41) is 2.66. The number of anilines is 1. The topological polar surface area (TPSA) is 38.3 Å². The van der Waals surface area contributed by atoms with Gasteiger partial charge in [0.25, 0.3) is 0 Å². The number of hydrogen-bond acceptors (Lipinski definition) is 2. The van der Waals surface area contributed by atoms with E-state index in [-0.39, 0.29) is 0 Å². The summed E-state index contributed by atoms with van der Waals surface area (Å²) in [7, 11) is 0. The molecule has 0 atom stereocenters. The summed E-state index contributed by atoms with van der Waals surface area (Å²) < 4.78 is 6.11. The Morgan fingerprint density at radius 1 is 1.24 bits per heavy atom. The molecule has 4 heteroatoms. The Kier molecular flexibility index (Phi) is 3.98. The van der Waals surface area contributed by atoms with Crippen molar-refractivity contribution in [2.75, 3.05) is 5.32 Å². The molecule has 1 amide bonds. The van der Waals surface area contributed by atoms with Gasteiger partial charge in [0.2, 0.25) is 0 Å². The second-order valence-electron chi connectivity index (χ2n) is 3.61. The third-order valence-corrected chi connectivity index (χ3v) is 2.79. The Morgan fingerprint density at radius 3 is 2.65 bits per heavy atom. The average Bonchev–Trinajstić information content (AvgIpc) is 2.33. The van der Waals surface area contributed by atoms with Gasteiger partial charge in [-0.15, -0.1) is 0 Å². The predicted octanol–water partition coefficient (Wildman–Crippen LogP) is 4.23. The van der Waals surface area contributed by atoms with Gasteiger partial charge in [0.05, 0.1) is 0 Å². The van der Waals surface area contributed by atoms with Crippen LogP contribution in [-0.2, 0) is 4.74 Å². The second kappa shape index (κ2) is 5.68. The quantitative estimate of drug-likeness (QED) is 0.886. The van der Waals surface area contributed by atoms with Gasteiger partial charge in [-0.1, -0.05) is 22.0 Å². The lowest BCUT2D eigenvalue weighted by Gasteiger charge is -2.09. The Balaban J connectivity index is 1.91. The standard InChI is InChI=1S/C13H12BrNO2/c14-10-6-8-11(9-7-10)15-13(16)17-12-4-2-1-3-5-12/h2,4-9H,1,3H2,(H,15,16). The predicted molar refractivity (Wildman–Crippen MR) is 70.7 cm³/mol. The molecule has 0 unspecified atom stereocenters. The number of benzene rings is 1. The first-order chi connectivity index (χ1) is 8.24. The van der Waals surface area contributed by atoms with Crippen molar-refractivity contribution in [2.24, 2.45) is 0 Å². The van der Waals surface area contributed by atoms with Gasteiger partial charge in [-0.2, -0.15) is 0 Å². The number of rotatable bonds is 2. The minimum atomic E-state index is -0.467. The van der Waals surface area contributed by atoms with E-state index in [9.17, 15) is 4.79 Å². The largest absolute Gasteiger partial charge is 0.417 e. The fourth-order valence-electron chi connectivity index (χ4n) is 1.45. The van der Waals surface area contributed by atoms with E-state index in [1.807, 2.05) is 30.4 Å². The molecule has 17 heavy (non-hydrogen) atoms. The maximum absolute atomic E-state index is 11.5. The van der Waals surface area contributed by atoms with Crippen molar-refractivity contribution in [3.63, 3.8) is 0 Å². The molecule has 1 aliphatic rings. The highest BCUT2D eigenvalue weighted by Gasteiger charge is 2.06. The molecule has 0 fully saturated rings. The molecule has 0 radical (unpaired) electrons. The lowest BCUT2D eigenvalue weighted by Crippen LogP contribution is -2.13. The first-order valence-corrected chi connectivity index (χ1v) is 6.14. The van der Waals surface area contributed by atoms with Crippen LogP contribution in [0.4, 0.5) is 10.5 Å². The van der Waals surface area contributed by atoms with Gasteiger partial charge in [-0.05, 0) is 49.3 Å². The summed E-state index contributed by atoms with van der Waals surface area (Å²) >= 11 is 3.33. The van der Waals surface area contributed by atoms with Crippen molar-refractivity contribution in [3.05, 3.63) is 52.7 Å². The number of carbonyl (C=O) groups excluding carboxylic acids is 1. The number of halogens is 1. The molecule has 0 bridgehead atoms. The summed E-state index contributed by atoms with van der Waals surface area (Å²) in [6.07, 6.45) is 7.15. The Morgan fingerprint density at radius 2 is 2.00 bits per heavy atom. The molecule has 2 rings (SSSR count). The summed E-state index contributed by atoms with van der Waals surface area (Å²) in [5.41, 5.74) is 0.707. The zero-order valence-electron chi connectivity index (χ0n) is 9.15. The fraction of sp³-hybridized carbons (Fsp3) is 0.154. The van der Waals surface area contributed by atoms with E-state index >= 15 is 0 Å². The number of carbonyl (C=O) groups is 1. The van der Waals surface area contributed by atoms with Crippen molar-refractivity contribution < 1.29 is 9.53 Å². The smallest absolute Gasteiger partial charge is 0.410 e. The average molecular weight is 294 g/mol. The van der Waals surface area contributed by atoms with Crippen LogP contribution in [0, 0.1) is 0 Å². The van der Waals surface area contributed by atoms with E-state index in [4.69, 9.17) is 4.74 Å². The van der Waals surface area contributed by atoms with E-state index < -0.39 is 6.09 Å². The highest BCUT2D eigenvalue weighted by atomic mass is 79.9. The van der Waals surface area contributed by atoms with Crippen molar-refractivity contribution in [1.82, 2.24) is 0 Å².